The van der Waals surface area contributed by atoms with Crippen LogP contribution in [0.5, 0.6) is 0 Å². The second kappa shape index (κ2) is 10.6. The number of carbonyl (C=O) groups excluding carboxylic acids is 2. The van der Waals surface area contributed by atoms with Crippen LogP contribution in [0.25, 0.3) is 11.1 Å². The predicted octanol–water partition coefficient (Wildman–Crippen LogP) is 0.921. The topological polar surface area (TPSA) is 137 Å². The van der Waals surface area contributed by atoms with Crippen molar-refractivity contribution in [2.24, 2.45) is 5.73 Å². The number of amides is 2. The minimum absolute atomic E-state index is 0.0998. The summed E-state index contributed by atoms with van der Waals surface area (Å²) in [5.74, 6) is -0.287. The van der Waals surface area contributed by atoms with Gasteiger partial charge >= 0.3 is 6.09 Å². The highest BCUT2D eigenvalue weighted by atomic mass is 19.1. The van der Waals surface area contributed by atoms with Crippen molar-refractivity contribution >= 4 is 29.8 Å². The molecule has 10 nitrogen and oxygen atoms in total. The van der Waals surface area contributed by atoms with E-state index >= 15 is 0 Å². The van der Waals surface area contributed by atoms with E-state index in [0.717, 1.165) is 6.34 Å². The highest BCUT2D eigenvalue weighted by Gasteiger charge is 2.32. The van der Waals surface area contributed by atoms with Crippen LogP contribution in [-0.2, 0) is 9.53 Å². The largest absolute Gasteiger partial charge is 0.443 e. The number of rotatable bonds is 10. The lowest BCUT2D eigenvalue weighted by Crippen LogP contribution is -2.37. The third-order valence-corrected chi connectivity index (χ3v) is 4.94. The molecule has 11 heteroatoms. The number of nitrogens with zero attached hydrogens (tertiary/aromatic N) is 3. The lowest BCUT2D eigenvalue weighted by Gasteiger charge is -2.18. The third kappa shape index (κ3) is 5.37. The van der Waals surface area contributed by atoms with Crippen molar-refractivity contribution in [1.29, 1.82) is 5.41 Å². The number of benzene rings is 1. The SMILES string of the molecule is CNCC1CN(c2ccc(-c3ccc(N(C=N)CCNC(=O)CN)nc3)c(F)c2)C(=O)O1. The van der Waals surface area contributed by atoms with Gasteiger partial charge in [0.2, 0.25) is 5.91 Å². The van der Waals surface area contributed by atoms with E-state index in [-0.39, 0.29) is 18.6 Å². The van der Waals surface area contributed by atoms with E-state index in [1.54, 1.807) is 36.2 Å². The van der Waals surface area contributed by atoms with E-state index < -0.39 is 11.9 Å². The van der Waals surface area contributed by atoms with Crippen LogP contribution in [0.1, 0.15) is 0 Å². The first-order chi connectivity index (χ1) is 15.5. The van der Waals surface area contributed by atoms with Crippen molar-refractivity contribution in [3.8, 4) is 11.1 Å². The minimum Gasteiger partial charge on any atom is -0.443 e. The molecule has 3 rings (SSSR count). The Morgan fingerprint density at radius 3 is 2.88 bits per heavy atom. The molecule has 5 N–H and O–H groups in total. The molecule has 0 radical (unpaired) electrons. The Kier molecular flexibility index (Phi) is 7.68. The van der Waals surface area contributed by atoms with E-state index in [0.29, 0.717) is 48.8 Å². The van der Waals surface area contributed by atoms with Crippen LogP contribution in [0.2, 0.25) is 0 Å². The van der Waals surface area contributed by atoms with E-state index in [2.05, 4.69) is 15.6 Å². The van der Waals surface area contributed by atoms with Gasteiger partial charge in [0.05, 0.1) is 25.1 Å². The molecular weight excluding hydrogens is 417 g/mol. The van der Waals surface area contributed by atoms with Crippen molar-refractivity contribution in [3.05, 3.63) is 42.3 Å². The summed E-state index contributed by atoms with van der Waals surface area (Å²) in [6, 6.07) is 7.92. The van der Waals surface area contributed by atoms with Crippen LogP contribution < -0.4 is 26.2 Å². The van der Waals surface area contributed by atoms with Crippen LogP contribution >= 0.6 is 0 Å². The van der Waals surface area contributed by atoms with Gasteiger partial charge in [0.25, 0.3) is 0 Å². The zero-order valence-corrected chi connectivity index (χ0v) is 17.7. The summed E-state index contributed by atoms with van der Waals surface area (Å²) in [6.07, 6.45) is 1.82. The van der Waals surface area contributed by atoms with Crippen LogP contribution in [0.3, 0.4) is 0 Å². The fraction of sp³-hybridized carbons (Fsp3) is 0.333. The van der Waals surface area contributed by atoms with Crippen molar-refractivity contribution in [2.45, 2.75) is 6.10 Å². The summed E-state index contributed by atoms with van der Waals surface area (Å²) >= 11 is 0. The molecule has 1 aromatic carbocycles. The second-order valence-electron chi connectivity index (χ2n) is 7.12. The Morgan fingerprint density at radius 2 is 2.25 bits per heavy atom. The van der Waals surface area contributed by atoms with E-state index in [4.69, 9.17) is 15.9 Å². The predicted molar refractivity (Wildman–Crippen MR) is 119 cm³/mol. The number of hydrogen-bond donors (Lipinski definition) is 4. The van der Waals surface area contributed by atoms with E-state index in [1.807, 2.05) is 0 Å². The van der Waals surface area contributed by atoms with E-state index in [1.165, 1.54) is 17.2 Å². The molecule has 1 aromatic heterocycles. The Labute approximate surface area is 185 Å². The van der Waals surface area contributed by atoms with Crippen LogP contribution in [0.4, 0.5) is 20.7 Å². The molecule has 0 spiro atoms. The highest BCUT2D eigenvalue weighted by molar-refractivity contribution is 5.90. The van der Waals surface area contributed by atoms with Crippen LogP contribution in [0.15, 0.2) is 36.5 Å². The van der Waals surface area contributed by atoms with Gasteiger partial charge in [0.15, 0.2) is 0 Å². The Balaban J connectivity index is 1.70. The zero-order chi connectivity index (χ0) is 23.1. The van der Waals surface area contributed by atoms with Gasteiger partial charge in [-0.15, -0.1) is 0 Å². The molecule has 1 fully saturated rings. The highest BCUT2D eigenvalue weighted by Crippen LogP contribution is 2.29. The third-order valence-electron chi connectivity index (χ3n) is 4.94. The molecule has 170 valence electrons. The summed E-state index contributed by atoms with van der Waals surface area (Å²) in [7, 11) is 1.77. The van der Waals surface area contributed by atoms with Gasteiger partial charge in [-0.1, -0.05) is 0 Å². The minimum atomic E-state index is -0.502. The van der Waals surface area contributed by atoms with Gasteiger partial charge in [-0.2, -0.15) is 0 Å². The molecule has 2 aromatic rings. The molecule has 1 unspecified atom stereocenters. The summed E-state index contributed by atoms with van der Waals surface area (Å²) in [6.45, 7) is 1.41. The second-order valence-corrected chi connectivity index (χ2v) is 7.12. The van der Waals surface area contributed by atoms with Crippen molar-refractivity contribution in [3.63, 3.8) is 0 Å². The Morgan fingerprint density at radius 1 is 1.44 bits per heavy atom. The average Bonchev–Trinajstić information content (AvgIpc) is 3.17. The van der Waals surface area contributed by atoms with Gasteiger partial charge in [0, 0.05) is 37.0 Å². The number of aromatic nitrogens is 1. The van der Waals surface area contributed by atoms with Crippen LogP contribution in [0, 0.1) is 11.2 Å². The molecular formula is C21H26FN7O3. The maximum atomic E-state index is 14.8. The van der Waals surface area contributed by atoms with Gasteiger partial charge < -0.3 is 26.0 Å². The Hall–Kier alpha value is -3.57. The molecule has 0 bridgehead atoms. The molecule has 0 saturated carbocycles. The summed E-state index contributed by atoms with van der Waals surface area (Å²) < 4.78 is 20.1. The summed E-state index contributed by atoms with van der Waals surface area (Å²) in [5.41, 5.74) is 6.56. The number of ether oxygens (including phenoxy) is 1. The zero-order valence-electron chi connectivity index (χ0n) is 17.7. The lowest BCUT2D eigenvalue weighted by atomic mass is 10.1. The van der Waals surface area contributed by atoms with Crippen molar-refractivity contribution in [1.82, 2.24) is 15.6 Å². The monoisotopic (exact) mass is 443 g/mol. The van der Waals surface area contributed by atoms with Gasteiger partial charge in [0.1, 0.15) is 17.7 Å². The number of anilines is 2. The smallest absolute Gasteiger partial charge is 0.414 e. The quantitative estimate of drug-likeness (QED) is 0.317. The number of carbonyl (C=O) groups is 2. The first-order valence-electron chi connectivity index (χ1n) is 10.1. The molecule has 32 heavy (non-hydrogen) atoms. The van der Waals surface area contributed by atoms with Gasteiger partial charge in [-0.25, -0.2) is 14.2 Å². The molecule has 1 saturated heterocycles. The summed E-state index contributed by atoms with van der Waals surface area (Å²) in [5, 5.41) is 13.1. The average molecular weight is 443 g/mol. The fourth-order valence-electron chi connectivity index (χ4n) is 3.32. The normalized spacial score (nSPS) is 15.4. The molecule has 2 heterocycles. The Bertz CT molecular complexity index is 970. The molecule has 0 aliphatic carbocycles. The maximum absolute atomic E-state index is 14.8. The lowest BCUT2D eigenvalue weighted by molar-refractivity contribution is -0.119. The van der Waals surface area contributed by atoms with Gasteiger partial charge in [-0.05, 0) is 37.4 Å². The number of likely N-dealkylation sites (N-methyl/N-ethyl adjacent to an activating group) is 1. The number of nitrogens with one attached hydrogen (secondary N) is 3. The molecule has 2 amide bonds. The number of nitrogens with two attached hydrogens (primary N) is 1. The maximum Gasteiger partial charge on any atom is 0.414 e. The van der Waals surface area contributed by atoms with E-state index in [9.17, 15) is 14.0 Å². The molecule has 1 aliphatic heterocycles. The van der Waals surface area contributed by atoms with Gasteiger partial charge in [-0.3, -0.25) is 15.1 Å². The molecule has 1 atom stereocenters. The number of pyridine rings is 1. The van der Waals surface area contributed by atoms with Crippen LogP contribution in [-0.4, -0.2) is 69.2 Å². The molecule has 1 aliphatic rings. The van der Waals surface area contributed by atoms with Crippen molar-refractivity contribution in [2.75, 3.05) is 49.6 Å². The number of halogens is 1. The first kappa shape index (κ1) is 23.1. The summed E-state index contributed by atoms with van der Waals surface area (Å²) in [4.78, 5) is 30.6. The number of hydrogen-bond acceptors (Lipinski definition) is 7. The standard InChI is InChI=1S/C21H26FN7O3/c1-25-11-16-12-29(21(31)32-16)15-3-4-17(18(22)8-15)14-2-5-19(27-10-14)28(13-24)7-6-26-20(30)9-23/h2-5,8,10,13,16,24-25H,6-7,9,11-12,23H2,1H3,(H,26,30). The van der Waals surface area contributed by atoms with Crippen molar-refractivity contribution < 1.29 is 18.7 Å². The first-order valence-corrected chi connectivity index (χ1v) is 10.1. The number of cyclic esters (lactones) is 1. The fourth-order valence-corrected chi connectivity index (χ4v) is 3.32.